The van der Waals surface area contributed by atoms with Crippen LogP contribution in [0, 0.1) is 35.7 Å². The molecule has 4 fully saturated rings. The molecule has 0 amide bonds. The van der Waals surface area contributed by atoms with Crippen LogP contribution in [0.1, 0.15) is 37.7 Å². The molecule has 8 rings (SSSR count). The summed E-state index contributed by atoms with van der Waals surface area (Å²) < 4.78 is 69.1. The first-order chi connectivity index (χ1) is 22.7. The molecule has 7 nitrogen and oxygen atoms in total. The van der Waals surface area contributed by atoms with Crippen molar-refractivity contribution in [3.8, 4) is 35.2 Å². The van der Waals surface area contributed by atoms with Gasteiger partial charge < -0.3 is 20.1 Å². The van der Waals surface area contributed by atoms with E-state index in [-0.39, 0.29) is 63.0 Å². The lowest BCUT2D eigenvalue weighted by molar-refractivity contribution is 0.107. The maximum Gasteiger partial charge on any atom is 0.319 e. The van der Waals surface area contributed by atoms with Gasteiger partial charge in [-0.05, 0) is 68.3 Å². The summed E-state index contributed by atoms with van der Waals surface area (Å²) in [7, 11) is 0. The van der Waals surface area contributed by atoms with Gasteiger partial charge in [-0.1, -0.05) is 23.6 Å². The molecule has 47 heavy (non-hydrogen) atoms. The minimum Gasteiger partial charge on any atom is -0.508 e. The molecule has 4 aliphatic rings. The fourth-order valence-corrected chi connectivity index (χ4v) is 8.58. The van der Waals surface area contributed by atoms with Crippen LogP contribution in [0.25, 0.3) is 32.8 Å². The SMILES string of the molecule is C#Cc1c(F)ccc2cc(O)cc(-c3c(F)c(Cl)c4c(N5CCC6CNC(C6)C5)nc(OC[C@@]56CCCN5C[C@H](F)C6)nc4c3F)c12. The largest absolute Gasteiger partial charge is 0.508 e. The predicted octanol–water partition coefficient (Wildman–Crippen LogP) is 6.35. The van der Waals surface area contributed by atoms with Crippen LogP contribution in [0.2, 0.25) is 5.02 Å². The second-order valence-corrected chi connectivity index (χ2v) is 13.7. The molecular weight excluding hydrogens is 634 g/mol. The Morgan fingerprint density at radius 2 is 1.98 bits per heavy atom. The lowest BCUT2D eigenvalue weighted by Crippen LogP contribution is -2.43. The van der Waals surface area contributed by atoms with Crippen molar-refractivity contribution < 1.29 is 27.4 Å². The molecule has 2 N–H and O–H groups in total. The van der Waals surface area contributed by atoms with Crippen molar-refractivity contribution in [2.75, 3.05) is 44.2 Å². The van der Waals surface area contributed by atoms with Crippen LogP contribution in [0.3, 0.4) is 0 Å². The molecule has 244 valence electrons. The molecule has 4 atom stereocenters. The number of rotatable bonds is 5. The Morgan fingerprint density at radius 3 is 2.81 bits per heavy atom. The Balaban J connectivity index is 1.33. The number of aromatic nitrogens is 2. The number of ether oxygens (including phenoxy) is 1. The molecule has 3 aromatic carbocycles. The first-order valence-electron chi connectivity index (χ1n) is 16.0. The summed E-state index contributed by atoms with van der Waals surface area (Å²) in [6.45, 7) is 3.24. The van der Waals surface area contributed by atoms with Crippen LogP contribution in [-0.2, 0) is 0 Å². The number of hydrogen-bond donors (Lipinski definition) is 2. The zero-order chi connectivity index (χ0) is 32.6. The van der Waals surface area contributed by atoms with E-state index in [9.17, 15) is 13.9 Å². The monoisotopic (exact) mass is 665 g/mol. The van der Waals surface area contributed by atoms with Crippen molar-refractivity contribution in [1.82, 2.24) is 20.2 Å². The first-order valence-corrected chi connectivity index (χ1v) is 16.3. The van der Waals surface area contributed by atoms with Crippen molar-refractivity contribution in [1.29, 1.82) is 0 Å². The van der Waals surface area contributed by atoms with Gasteiger partial charge in [0.05, 0.1) is 27.1 Å². The van der Waals surface area contributed by atoms with Crippen LogP contribution in [0.15, 0.2) is 24.3 Å². The van der Waals surface area contributed by atoms with E-state index in [1.807, 2.05) is 4.90 Å². The first kappa shape index (κ1) is 30.5. The van der Waals surface area contributed by atoms with Crippen molar-refractivity contribution >= 4 is 39.1 Å². The van der Waals surface area contributed by atoms with Gasteiger partial charge in [-0.2, -0.15) is 9.97 Å². The van der Waals surface area contributed by atoms with E-state index in [0.29, 0.717) is 32.0 Å². The minimum absolute atomic E-state index is 0.0197. The van der Waals surface area contributed by atoms with Crippen molar-refractivity contribution in [2.24, 2.45) is 5.92 Å². The van der Waals surface area contributed by atoms with Crippen LogP contribution in [0.5, 0.6) is 11.8 Å². The third-order valence-corrected chi connectivity index (χ3v) is 10.8. The Morgan fingerprint density at radius 1 is 1.13 bits per heavy atom. The number of nitrogens with one attached hydrogen (secondary N) is 1. The molecule has 0 radical (unpaired) electrons. The van der Waals surface area contributed by atoms with Crippen molar-refractivity contribution in [3.05, 3.63) is 52.3 Å². The summed E-state index contributed by atoms with van der Waals surface area (Å²) >= 11 is 6.78. The number of phenolic OH excluding ortho intramolecular Hbond substituents is 1. The van der Waals surface area contributed by atoms with E-state index in [1.54, 1.807) is 0 Å². The Bertz CT molecular complexity index is 1990. The van der Waals surface area contributed by atoms with E-state index in [0.717, 1.165) is 50.9 Å². The maximum atomic E-state index is 17.0. The third-order valence-electron chi connectivity index (χ3n) is 10.5. The van der Waals surface area contributed by atoms with E-state index in [2.05, 4.69) is 21.1 Å². The number of terminal acetylenes is 1. The molecule has 0 saturated carbocycles. The molecule has 4 saturated heterocycles. The van der Waals surface area contributed by atoms with Crippen LogP contribution in [-0.4, -0.2) is 77.1 Å². The topological polar surface area (TPSA) is 73.8 Å². The molecule has 0 spiro atoms. The summed E-state index contributed by atoms with van der Waals surface area (Å²) in [4.78, 5) is 13.2. The second kappa shape index (κ2) is 11.4. The van der Waals surface area contributed by atoms with Gasteiger partial charge in [-0.25, -0.2) is 17.6 Å². The highest BCUT2D eigenvalue weighted by atomic mass is 35.5. The standard InChI is InChI=1S/C35H32ClF4N5O2/c1-2-23-25(38)5-4-19-11-22(46)12-24(26(19)23)27-30(39)29(36)28-32(31(27)40)42-34(47-17-35-7-3-8-45(35)15-20(37)13-35)43-33(28)44-9-6-18-10-21(16-44)41-14-18/h1,4-5,11-12,18,20-21,41,46H,3,6-10,13-17H2/t18?,20-,21?,35+/m1/s1. The highest BCUT2D eigenvalue weighted by Gasteiger charge is 2.49. The zero-order valence-electron chi connectivity index (χ0n) is 25.4. The Labute approximate surface area is 273 Å². The van der Waals surface area contributed by atoms with E-state index < -0.39 is 39.7 Å². The van der Waals surface area contributed by atoms with Gasteiger partial charge in [0.15, 0.2) is 11.6 Å². The maximum absolute atomic E-state index is 17.0. The highest BCUT2D eigenvalue weighted by Crippen LogP contribution is 2.46. The number of benzene rings is 3. The lowest BCUT2D eigenvalue weighted by atomic mass is 9.92. The average molecular weight is 666 g/mol. The molecule has 1 aromatic heterocycles. The van der Waals surface area contributed by atoms with Gasteiger partial charge in [0, 0.05) is 43.0 Å². The summed E-state index contributed by atoms with van der Waals surface area (Å²) in [6.07, 6.45) is 8.49. The average Bonchev–Trinajstić information content (AvgIpc) is 3.69. The molecule has 4 aliphatic heterocycles. The summed E-state index contributed by atoms with van der Waals surface area (Å²) in [5.41, 5.74) is -1.81. The molecule has 12 heteroatoms. The Hall–Kier alpha value is -3.85. The van der Waals surface area contributed by atoms with Crippen LogP contribution in [0.4, 0.5) is 23.4 Å². The van der Waals surface area contributed by atoms with Gasteiger partial charge in [-0.3, -0.25) is 4.90 Å². The molecule has 2 bridgehead atoms. The number of hydrogen-bond acceptors (Lipinski definition) is 7. The van der Waals surface area contributed by atoms with Crippen LogP contribution < -0.4 is 15.0 Å². The van der Waals surface area contributed by atoms with Gasteiger partial charge in [0.25, 0.3) is 0 Å². The number of fused-ring (bicyclic) bond motifs is 5. The van der Waals surface area contributed by atoms with Gasteiger partial charge >= 0.3 is 6.01 Å². The molecular formula is C35H32ClF4N5O2. The molecule has 4 aromatic rings. The van der Waals surface area contributed by atoms with Crippen molar-refractivity contribution in [2.45, 2.75) is 49.9 Å². The summed E-state index contributed by atoms with van der Waals surface area (Å²) in [5, 5.41) is 14.0. The number of phenols is 1. The predicted molar refractivity (Wildman–Crippen MR) is 172 cm³/mol. The smallest absolute Gasteiger partial charge is 0.319 e. The zero-order valence-corrected chi connectivity index (χ0v) is 26.2. The molecule has 0 aliphatic carbocycles. The second-order valence-electron chi connectivity index (χ2n) is 13.3. The fourth-order valence-electron chi connectivity index (χ4n) is 8.31. The third kappa shape index (κ3) is 4.95. The number of anilines is 1. The number of halogens is 5. The minimum atomic E-state index is -1.12. The Kier molecular flexibility index (Phi) is 7.39. The number of nitrogens with zero attached hydrogens (tertiary/aromatic N) is 4. The highest BCUT2D eigenvalue weighted by molar-refractivity contribution is 6.37. The van der Waals surface area contributed by atoms with Crippen LogP contribution >= 0.6 is 11.6 Å². The van der Waals surface area contributed by atoms with Gasteiger partial charge in [0.1, 0.15) is 35.7 Å². The summed E-state index contributed by atoms with van der Waals surface area (Å²) in [5.74, 6) is -0.287. The summed E-state index contributed by atoms with van der Waals surface area (Å²) in [6, 6.07) is 4.99. The number of alkyl halides is 1. The quantitative estimate of drug-likeness (QED) is 0.146. The normalized spacial score (nSPS) is 25.8. The molecule has 2 unspecified atom stereocenters. The fraction of sp³-hybridized carbons (Fsp3) is 0.429. The number of aromatic hydroxyl groups is 1. The van der Waals surface area contributed by atoms with Gasteiger partial charge in [0.2, 0.25) is 0 Å². The van der Waals surface area contributed by atoms with Gasteiger partial charge in [-0.15, -0.1) is 6.42 Å². The van der Waals surface area contributed by atoms with E-state index in [1.165, 1.54) is 12.1 Å². The van der Waals surface area contributed by atoms with E-state index >= 15 is 8.78 Å². The lowest BCUT2D eigenvalue weighted by Gasteiger charge is -2.31. The van der Waals surface area contributed by atoms with Crippen molar-refractivity contribution in [3.63, 3.8) is 0 Å². The molecule has 5 heterocycles. The van der Waals surface area contributed by atoms with E-state index in [4.69, 9.17) is 27.7 Å².